The monoisotopic (exact) mass is 1350 g/mol. The number of hydrogen-bond acceptors (Lipinski definition) is 19. The predicted octanol–water partition coefficient (Wildman–Crippen LogP) is 4.69. The third kappa shape index (κ3) is 29.3. The summed E-state index contributed by atoms with van der Waals surface area (Å²) >= 11 is 10.1. The number of carbonyl (C=O) groups excluding carboxylic acids is 5. The number of esters is 3. The fraction of sp³-hybridized carbons (Fsp3) is 0.558. The van der Waals surface area contributed by atoms with E-state index >= 15 is 0 Å². The molecule has 2 aliphatic carbocycles. The molecule has 2 aromatic carbocycles. The first-order valence-corrected chi connectivity index (χ1v) is 25.9. The molecule has 408 valence electrons. The summed E-state index contributed by atoms with van der Waals surface area (Å²) in [5.74, 6) is 4.11. The van der Waals surface area contributed by atoms with Gasteiger partial charge in [-0.2, -0.15) is 37.0 Å². The number of nitrogens with one attached hydrogen (secondary N) is 1. The number of benzene rings is 2. The largest absolute Gasteiger partial charge is 1.00 e. The van der Waals surface area contributed by atoms with E-state index in [4.69, 9.17) is 39.2 Å². The molecule has 0 radical (unpaired) electrons. The third-order valence-corrected chi connectivity index (χ3v) is 12.7. The van der Waals surface area contributed by atoms with Crippen LogP contribution in [0, 0.1) is 19.8 Å². The first-order valence-electron chi connectivity index (χ1n) is 24.3. The van der Waals surface area contributed by atoms with Crippen molar-refractivity contribution in [2.24, 2.45) is 5.92 Å². The van der Waals surface area contributed by atoms with Crippen molar-refractivity contribution in [2.75, 3.05) is 27.3 Å². The van der Waals surface area contributed by atoms with Gasteiger partial charge < -0.3 is 49.4 Å². The number of methoxy groups -OCH3 is 2. The Morgan fingerprint density at radius 2 is 1.23 bits per heavy atom. The van der Waals surface area contributed by atoms with Gasteiger partial charge in [0.05, 0.1) is 57.3 Å². The molecule has 1 N–H and O–H groups in total. The van der Waals surface area contributed by atoms with Crippen molar-refractivity contribution in [3.05, 3.63) is 82.6 Å². The average Bonchev–Trinajstić information content (AvgIpc) is 3.94. The van der Waals surface area contributed by atoms with Crippen LogP contribution < -0.4 is 148 Å². The van der Waals surface area contributed by atoms with Gasteiger partial charge in [0.25, 0.3) is 6.47 Å². The number of hydrogen-bond donors (Lipinski definition) is 3. The van der Waals surface area contributed by atoms with Crippen molar-refractivity contribution >= 4 is 67.5 Å². The van der Waals surface area contributed by atoms with Crippen LogP contribution in [-0.2, 0) is 49.7 Å². The van der Waals surface area contributed by atoms with Crippen molar-refractivity contribution in [3.63, 3.8) is 0 Å². The maximum absolute atomic E-state index is 12.1. The number of nitrogens with zero attached hydrogens (tertiary/aromatic N) is 2. The zero-order valence-electron chi connectivity index (χ0n) is 47.5. The minimum absolute atomic E-state index is 0. The molecule has 23 heteroatoms. The Kier molecular flexibility index (Phi) is 37.9. The zero-order valence-corrected chi connectivity index (χ0v) is 60.7. The van der Waals surface area contributed by atoms with Crippen LogP contribution in [0.5, 0.6) is 0 Å². The molecule has 75 heavy (non-hydrogen) atoms. The summed E-state index contributed by atoms with van der Waals surface area (Å²) in [6.45, 7) is 14.9. The molecule has 0 saturated heterocycles. The van der Waals surface area contributed by atoms with Crippen LogP contribution >= 0.6 is 37.0 Å². The predicted molar refractivity (Wildman–Crippen MR) is 282 cm³/mol. The number of carbonyl (C=O) groups is 5. The first kappa shape index (κ1) is 72.0. The number of rotatable bonds is 14. The average molecular weight is 1350 g/mol. The Hall–Kier alpha value is -0.986. The quantitative estimate of drug-likeness (QED) is 0.0296. The molecule has 2 heterocycles. The summed E-state index contributed by atoms with van der Waals surface area (Å²) < 4.78 is 52.4. The molecule has 4 aromatic rings. The standard InChI is InChI=1S/C25H33NO5S.C13H13NO3S.C12H23NO3S.CH3F.CH2O3.2Cs.H/c1-16-21(26-23(30-16)18-8-10-19(11-9-18)24(28)29-5)15-32-20-12-6-17(7-13-20)14-22(27)31-25(2,3)4;1-8-11(7-18)14-12(17-8)9-3-5-10(6-4-9)13(15)16-2;1-12(2,3)16-11(14)13-9-4-6-10(7-5-9)15-8-17;1-2;2-1-4-3;;;/h8-11,17,20H,6-7,12-15H2,1-5H3;3-6,18H,7H2,1-2H3;9-10,17H,4-8H2,1-3H3,(H,13,14);1H3;1,3H;;;/q;;;;;2*+1;-1/p-1/i;;;1D;;;;. The minimum Gasteiger partial charge on any atom is -1.00 e. The fourth-order valence-corrected chi connectivity index (χ4v) is 9.16. The number of aromatic nitrogens is 2. The van der Waals surface area contributed by atoms with Crippen LogP contribution in [0.25, 0.3) is 22.9 Å². The number of alkyl carbamates (subject to hydrolysis) is 1. The molecule has 2 fully saturated rings. The van der Waals surface area contributed by atoms with Gasteiger partial charge in [0, 0.05) is 40.3 Å². The number of amides is 1. The molecule has 17 nitrogen and oxygen atoms in total. The van der Waals surface area contributed by atoms with E-state index in [0.29, 0.717) is 58.3 Å². The van der Waals surface area contributed by atoms with Crippen LogP contribution in [0.1, 0.15) is 146 Å². The number of alkyl halides is 1. The van der Waals surface area contributed by atoms with Gasteiger partial charge in [-0.25, -0.2) is 24.4 Å². The van der Waals surface area contributed by atoms with Gasteiger partial charge in [-0.05, 0) is 161 Å². The van der Waals surface area contributed by atoms with Crippen molar-refractivity contribution in [2.45, 2.75) is 153 Å². The van der Waals surface area contributed by atoms with Crippen LogP contribution in [0.2, 0.25) is 0 Å². The molecule has 2 saturated carbocycles. The summed E-state index contributed by atoms with van der Waals surface area (Å²) in [7, 11) is 1.72. The molecule has 0 unspecified atom stereocenters. The number of oxazole rings is 2. The Morgan fingerprint density at radius 1 is 0.787 bits per heavy atom. The number of ether oxygens (including phenoxy) is 5. The maximum atomic E-state index is 12.1. The van der Waals surface area contributed by atoms with Gasteiger partial charge in [-0.3, -0.25) is 14.0 Å². The Bertz CT molecular complexity index is 2310. The molecule has 2 aliphatic rings. The van der Waals surface area contributed by atoms with E-state index < -0.39 is 18.4 Å². The minimum atomic E-state index is -1.00. The molecular weight excluding hydrogens is 1270 g/mol. The van der Waals surface area contributed by atoms with Gasteiger partial charge >= 0.3 is 162 Å². The summed E-state index contributed by atoms with van der Waals surface area (Å²) in [6, 6.07) is 14.2. The van der Waals surface area contributed by atoms with E-state index in [0.717, 1.165) is 91.2 Å². The molecule has 2 aromatic heterocycles. The number of thioether (sulfide) groups is 1. The van der Waals surface area contributed by atoms with Crippen molar-refractivity contribution in [1.29, 1.82) is 0 Å². The van der Waals surface area contributed by atoms with E-state index in [-0.39, 0.29) is 176 Å². The number of thiol groups is 2. The SMILES string of the molecule is CC(C)(C)OC(=O)NC1CCC(OCS)CC1.COC(=O)c1ccc(-c2nc(CS)c(C)o2)cc1.COC(=O)c1ccc(-c2nc(CSC3CCC(CC(=O)OC(C)(C)C)CC3)c(C)o2)cc1.O=CO[O-].[2H]CF.[Cs+].[Cs+].[H-]. The fourth-order valence-electron chi connectivity index (χ4n) is 7.39. The van der Waals surface area contributed by atoms with Gasteiger partial charge in [-0.15, -0.1) is 0 Å². The molecule has 0 spiro atoms. The molecule has 1 amide bonds. The van der Waals surface area contributed by atoms with Crippen molar-refractivity contribution < 1.29 is 212 Å². The van der Waals surface area contributed by atoms with E-state index in [9.17, 15) is 23.6 Å². The van der Waals surface area contributed by atoms with E-state index in [1.807, 2.05) is 79.3 Å². The van der Waals surface area contributed by atoms with Gasteiger partial charge in [-0.1, -0.05) is 0 Å². The molecule has 0 atom stereocenters. The Labute approximate surface area is 577 Å². The summed E-state index contributed by atoms with van der Waals surface area (Å²) in [5.41, 5.74) is 3.58. The smallest absolute Gasteiger partial charge is 1.00 e. The normalized spacial score (nSPS) is 16.9. The number of aryl methyl sites for hydroxylation is 2. The van der Waals surface area contributed by atoms with Gasteiger partial charge in [0.15, 0.2) is 0 Å². The second-order valence-electron chi connectivity index (χ2n) is 18.7. The summed E-state index contributed by atoms with van der Waals surface area (Å²) in [6.07, 6.45) is 8.67. The second kappa shape index (κ2) is 39.4. The van der Waals surface area contributed by atoms with Crippen molar-refractivity contribution in [1.82, 2.24) is 15.3 Å². The van der Waals surface area contributed by atoms with Gasteiger partial charge in [0.1, 0.15) is 22.7 Å². The first-order chi connectivity index (χ1) is 35.0. The van der Waals surface area contributed by atoms with Crippen LogP contribution in [0.4, 0.5) is 9.18 Å². The maximum Gasteiger partial charge on any atom is 1.00 e. The number of halogens is 1. The summed E-state index contributed by atoms with van der Waals surface area (Å²) in [4.78, 5) is 66.8. The van der Waals surface area contributed by atoms with E-state index in [2.05, 4.69) is 50.2 Å². The molecule has 6 rings (SSSR count). The van der Waals surface area contributed by atoms with Gasteiger partial charge in [0.2, 0.25) is 11.8 Å². The molecule has 0 bridgehead atoms. The molecular formula is C52H74Cs2FN3O14S3. The van der Waals surface area contributed by atoms with E-state index in [1.165, 1.54) is 14.2 Å². The van der Waals surface area contributed by atoms with Crippen molar-refractivity contribution in [3.8, 4) is 22.9 Å². The Balaban J connectivity index is 0. The second-order valence-corrected chi connectivity index (χ2v) is 20.6. The molecule has 0 aliphatic heterocycles. The topological polar surface area (TPSA) is 228 Å². The van der Waals surface area contributed by atoms with Crippen LogP contribution in [-0.4, -0.2) is 96.4 Å². The van der Waals surface area contributed by atoms with E-state index in [1.54, 1.807) is 36.4 Å². The van der Waals surface area contributed by atoms with Crippen LogP contribution in [0.3, 0.4) is 0 Å². The zero-order chi connectivity index (χ0) is 55.4. The summed E-state index contributed by atoms with van der Waals surface area (Å²) in [5, 5.41) is 11.9. The van der Waals surface area contributed by atoms with Crippen LogP contribution in [0.15, 0.2) is 57.4 Å². The third-order valence-electron chi connectivity index (χ3n) is 10.9. The Morgan fingerprint density at radius 3 is 1.61 bits per heavy atom.